The van der Waals surface area contributed by atoms with Crippen LogP contribution in [-0.2, 0) is 0 Å². The molecule has 1 N–H and O–H groups in total. The van der Waals surface area contributed by atoms with Crippen molar-refractivity contribution in [2.24, 2.45) is 5.92 Å². The standard InChI is InChI=1S/C13H19Br2NO/c1-10(2)9-16-7-4-8-17-13-11(14)5-3-6-12(13)15/h3,5-6,10,16H,4,7-9H2,1-2H3. The van der Waals surface area contributed by atoms with Crippen molar-refractivity contribution >= 4 is 31.9 Å². The van der Waals surface area contributed by atoms with E-state index in [1.807, 2.05) is 18.2 Å². The third-order valence-corrected chi connectivity index (χ3v) is 3.46. The minimum Gasteiger partial charge on any atom is -0.491 e. The second kappa shape index (κ2) is 8.11. The molecule has 2 nitrogen and oxygen atoms in total. The molecular formula is C13H19Br2NO. The summed E-state index contributed by atoms with van der Waals surface area (Å²) in [5.41, 5.74) is 0. The van der Waals surface area contributed by atoms with E-state index in [0.717, 1.165) is 40.8 Å². The molecule has 1 aromatic carbocycles. The van der Waals surface area contributed by atoms with Gasteiger partial charge in [0.05, 0.1) is 15.6 Å². The number of hydrogen-bond donors (Lipinski definition) is 1. The Labute approximate surface area is 120 Å². The fourth-order valence-electron chi connectivity index (χ4n) is 1.38. The highest BCUT2D eigenvalue weighted by atomic mass is 79.9. The Morgan fingerprint density at radius 2 is 1.88 bits per heavy atom. The van der Waals surface area contributed by atoms with Gasteiger partial charge in [0, 0.05) is 0 Å². The summed E-state index contributed by atoms with van der Waals surface area (Å²) in [7, 11) is 0. The number of hydrogen-bond acceptors (Lipinski definition) is 2. The SMILES string of the molecule is CC(C)CNCCCOc1c(Br)cccc1Br. The predicted molar refractivity (Wildman–Crippen MR) is 79.7 cm³/mol. The normalized spacial score (nSPS) is 10.9. The molecule has 0 saturated carbocycles. The van der Waals surface area contributed by atoms with E-state index in [0.29, 0.717) is 5.92 Å². The Kier molecular flexibility index (Phi) is 7.16. The summed E-state index contributed by atoms with van der Waals surface area (Å²) in [6, 6.07) is 5.94. The van der Waals surface area contributed by atoms with Crippen LogP contribution in [0.25, 0.3) is 0 Å². The second-order valence-corrected chi connectivity index (χ2v) is 6.06. The van der Waals surface area contributed by atoms with Crippen LogP contribution < -0.4 is 10.1 Å². The average molecular weight is 365 g/mol. The van der Waals surface area contributed by atoms with E-state index in [9.17, 15) is 0 Å². The van der Waals surface area contributed by atoms with Crippen molar-refractivity contribution in [2.75, 3.05) is 19.7 Å². The molecule has 0 aromatic heterocycles. The van der Waals surface area contributed by atoms with Gasteiger partial charge in [0.2, 0.25) is 0 Å². The van der Waals surface area contributed by atoms with Gasteiger partial charge >= 0.3 is 0 Å². The summed E-state index contributed by atoms with van der Waals surface area (Å²) in [6.07, 6.45) is 1.01. The molecule has 4 heteroatoms. The minimum absolute atomic E-state index is 0.702. The quantitative estimate of drug-likeness (QED) is 0.731. The summed E-state index contributed by atoms with van der Waals surface area (Å²) in [4.78, 5) is 0. The van der Waals surface area contributed by atoms with Gasteiger partial charge in [-0.05, 0) is 69.4 Å². The van der Waals surface area contributed by atoms with Crippen LogP contribution >= 0.6 is 31.9 Å². The lowest BCUT2D eigenvalue weighted by molar-refractivity contribution is 0.303. The zero-order chi connectivity index (χ0) is 12.7. The lowest BCUT2D eigenvalue weighted by Crippen LogP contribution is -2.22. The van der Waals surface area contributed by atoms with Gasteiger partial charge in [0.25, 0.3) is 0 Å². The molecule has 0 atom stereocenters. The summed E-state index contributed by atoms with van der Waals surface area (Å²) in [5.74, 6) is 1.59. The van der Waals surface area contributed by atoms with Crippen molar-refractivity contribution in [3.63, 3.8) is 0 Å². The van der Waals surface area contributed by atoms with Gasteiger partial charge in [-0.25, -0.2) is 0 Å². The molecule has 0 unspecified atom stereocenters. The smallest absolute Gasteiger partial charge is 0.147 e. The van der Waals surface area contributed by atoms with Crippen molar-refractivity contribution in [1.82, 2.24) is 5.32 Å². The number of rotatable bonds is 7. The fourth-order valence-corrected chi connectivity index (χ4v) is 2.61. The molecule has 96 valence electrons. The molecule has 0 spiro atoms. The van der Waals surface area contributed by atoms with Gasteiger partial charge in [-0.1, -0.05) is 19.9 Å². The van der Waals surface area contributed by atoms with Crippen LogP contribution in [0.2, 0.25) is 0 Å². The summed E-state index contributed by atoms with van der Waals surface area (Å²) in [6.45, 7) is 7.22. The largest absolute Gasteiger partial charge is 0.491 e. The zero-order valence-corrected chi connectivity index (χ0v) is 13.5. The molecule has 0 aliphatic carbocycles. The number of ether oxygens (including phenoxy) is 1. The fraction of sp³-hybridized carbons (Fsp3) is 0.538. The molecule has 17 heavy (non-hydrogen) atoms. The van der Waals surface area contributed by atoms with Crippen LogP contribution in [0.15, 0.2) is 27.1 Å². The molecule has 1 aromatic rings. The first-order valence-electron chi connectivity index (χ1n) is 5.88. The Bertz CT molecular complexity index is 322. The van der Waals surface area contributed by atoms with E-state index in [4.69, 9.17) is 4.74 Å². The van der Waals surface area contributed by atoms with Gasteiger partial charge in [-0.15, -0.1) is 0 Å². The highest BCUT2D eigenvalue weighted by Gasteiger charge is 2.04. The predicted octanol–water partition coefficient (Wildman–Crippen LogP) is 4.23. The molecule has 0 amide bonds. The van der Waals surface area contributed by atoms with Crippen molar-refractivity contribution in [3.05, 3.63) is 27.1 Å². The zero-order valence-electron chi connectivity index (χ0n) is 10.3. The van der Waals surface area contributed by atoms with Crippen molar-refractivity contribution < 1.29 is 4.74 Å². The Hall–Kier alpha value is -0.0600. The summed E-state index contributed by atoms with van der Waals surface area (Å²) < 4.78 is 7.72. The van der Waals surface area contributed by atoms with E-state index >= 15 is 0 Å². The van der Waals surface area contributed by atoms with Gasteiger partial charge in [-0.3, -0.25) is 0 Å². The number of benzene rings is 1. The van der Waals surface area contributed by atoms with Gasteiger partial charge in [0.1, 0.15) is 5.75 Å². The third kappa shape index (κ3) is 5.89. The minimum atomic E-state index is 0.702. The topological polar surface area (TPSA) is 21.3 Å². The van der Waals surface area contributed by atoms with Crippen molar-refractivity contribution in [2.45, 2.75) is 20.3 Å². The number of nitrogens with one attached hydrogen (secondary N) is 1. The maximum absolute atomic E-state index is 5.74. The monoisotopic (exact) mass is 363 g/mol. The summed E-state index contributed by atoms with van der Waals surface area (Å²) in [5, 5.41) is 3.40. The molecule has 0 radical (unpaired) electrons. The van der Waals surface area contributed by atoms with Gasteiger partial charge < -0.3 is 10.1 Å². The first kappa shape index (κ1) is 15.0. The number of halogens is 2. The van der Waals surface area contributed by atoms with Crippen molar-refractivity contribution in [3.8, 4) is 5.75 Å². The van der Waals surface area contributed by atoms with E-state index in [1.165, 1.54) is 0 Å². The first-order valence-corrected chi connectivity index (χ1v) is 7.47. The molecule has 0 heterocycles. The Morgan fingerprint density at radius 1 is 1.24 bits per heavy atom. The van der Waals surface area contributed by atoms with Crippen LogP contribution in [0.3, 0.4) is 0 Å². The maximum Gasteiger partial charge on any atom is 0.147 e. The highest BCUT2D eigenvalue weighted by Crippen LogP contribution is 2.32. The van der Waals surface area contributed by atoms with Crippen molar-refractivity contribution in [1.29, 1.82) is 0 Å². The average Bonchev–Trinajstić information content (AvgIpc) is 2.26. The highest BCUT2D eigenvalue weighted by molar-refractivity contribution is 9.11. The number of para-hydroxylation sites is 1. The Balaban J connectivity index is 2.22. The first-order chi connectivity index (χ1) is 8.11. The van der Waals surface area contributed by atoms with Crippen LogP contribution in [0, 0.1) is 5.92 Å². The van der Waals surface area contributed by atoms with Gasteiger partial charge in [-0.2, -0.15) is 0 Å². The van der Waals surface area contributed by atoms with Crippen LogP contribution in [0.1, 0.15) is 20.3 Å². The molecule has 0 fully saturated rings. The molecule has 0 aliphatic heterocycles. The van der Waals surface area contributed by atoms with E-state index in [-0.39, 0.29) is 0 Å². The molecule has 0 aliphatic rings. The summed E-state index contributed by atoms with van der Waals surface area (Å²) >= 11 is 6.96. The lowest BCUT2D eigenvalue weighted by atomic mass is 10.2. The molecule has 1 rings (SSSR count). The third-order valence-electron chi connectivity index (χ3n) is 2.22. The van der Waals surface area contributed by atoms with Crippen LogP contribution in [-0.4, -0.2) is 19.7 Å². The van der Waals surface area contributed by atoms with E-state index in [1.54, 1.807) is 0 Å². The Morgan fingerprint density at radius 3 is 2.47 bits per heavy atom. The van der Waals surface area contributed by atoms with Gasteiger partial charge in [0.15, 0.2) is 0 Å². The van der Waals surface area contributed by atoms with E-state index in [2.05, 4.69) is 51.0 Å². The van der Waals surface area contributed by atoms with Crippen LogP contribution in [0.4, 0.5) is 0 Å². The molecule has 0 bridgehead atoms. The molecule has 0 saturated heterocycles. The van der Waals surface area contributed by atoms with E-state index < -0.39 is 0 Å². The maximum atomic E-state index is 5.74. The lowest BCUT2D eigenvalue weighted by Gasteiger charge is -2.11. The molecular weight excluding hydrogens is 346 g/mol. The second-order valence-electron chi connectivity index (χ2n) is 4.35. The van der Waals surface area contributed by atoms with Crippen LogP contribution in [0.5, 0.6) is 5.75 Å².